The van der Waals surface area contributed by atoms with Crippen LogP contribution in [0.1, 0.15) is 12.8 Å². The van der Waals surface area contributed by atoms with E-state index in [9.17, 15) is 4.79 Å². The van der Waals surface area contributed by atoms with Crippen LogP contribution in [0.4, 0.5) is 0 Å². The Morgan fingerprint density at radius 3 is 3.13 bits per heavy atom. The summed E-state index contributed by atoms with van der Waals surface area (Å²) in [6, 6.07) is 5.60. The summed E-state index contributed by atoms with van der Waals surface area (Å²) in [7, 11) is 1.63. The first-order valence-electron chi connectivity index (χ1n) is 7.62. The van der Waals surface area contributed by atoms with E-state index >= 15 is 0 Å². The summed E-state index contributed by atoms with van der Waals surface area (Å²) in [5.41, 5.74) is 0.699. The molecule has 1 saturated heterocycles. The molecule has 0 N–H and O–H groups in total. The van der Waals surface area contributed by atoms with Gasteiger partial charge in [-0.1, -0.05) is 27.7 Å². The van der Waals surface area contributed by atoms with E-state index in [-0.39, 0.29) is 11.7 Å². The Bertz CT molecular complexity index is 744. The molecule has 0 saturated carbocycles. The molecule has 1 aromatic heterocycles. The zero-order valence-electron chi connectivity index (χ0n) is 13.0. The third-order valence-corrected chi connectivity index (χ3v) is 5.42. The highest BCUT2D eigenvalue weighted by molar-refractivity contribution is 9.10. The van der Waals surface area contributed by atoms with Gasteiger partial charge in [0, 0.05) is 23.9 Å². The Kier molecular flexibility index (Phi) is 5.74. The van der Waals surface area contributed by atoms with E-state index in [1.165, 1.54) is 0 Å². The summed E-state index contributed by atoms with van der Waals surface area (Å²) >= 11 is 5.00. The minimum absolute atomic E-state index is 0.0248. The van der Waals surface area contributed by atoms with Gasteiger partial charge in [-0.2, -0.15) is 0 Å². The van der Waals surface area contributed by atoms with Gasteiger partial charge >= 0.3 is 0 Å². The van der Waals surface area contributed by atoms with Gasteiger partial charge in [-0.05, 0) is 31.0 Å². The Morgan fingerprint density at radius 1 is 1.52 bits per heavy atom. The van der Waals surface area contributed by atoms with Gasteiger partial charge in [0.1, 0.15) is 0 Å². The minimum atomic E-state index is -0.0248. The lowest BCUT2D eigenvalue weighted by molar-refractivity contribution is 0.128. The number of halogens is 1. The molecule has 1 atom stereocenters. The van der Waals surface area contributed by atoms with E-state index in [1.54, 1.807) is 23.4 Å². The molecule has 7 heteroatoms. The maximum atomic E-state index is 12.8. The lowest BCUT2D eigenvalue weighted by Gasteiger charge is -2.14. The summed E-state index contributed by atoms with van der Waals surface area (Å²) in [5.74, 6) is 0.821. The molecule has 0 aliphatic carbocycles. The van der Waals surface area contributed by atoms with Crippen LogP contribution < -0.4 is 5.56 Å². The second-order valence-electron chi connectivity index (χ2n) is 5.45. The monoisotopic (exact) mass is 398 g/mol. The molecule has 5 nitrogen and oxygen atoms in total. The standard InChI is InChI=1S/C16H19BrN2O3S/c1-21-8-6-19-15(20)13-9-11(17)4-5-14(13)18-16(19)23-10-12-3-2-7-22-12/h4-5,9,12H,2-3,6-8,10H2,1H3/t12-/m1/s1. The molecule has 1 fully saturated rings. The van der Waals surface area contributed by atoms with Crippen LogP contribution in [0.3, 0.4) is 0 Å². The van der Waals surface area contributed by atoms with Gasteiger partial charge in [0.05, 0.1) is 30.2 Å². The predicted molar refractivity (Wildman–Crippen MR) is 95.3 cm³/mol. The molecule has 1 aliphatic heterocycles. The van der Waals surface area contributed by atoms with Gasteiger partial charge in [0.2, 0.25) is 0 Å². The number of benzene rings is 1. The summed E-state index contributed by atoms with van der Waals surface area (Å²) in [6.07, 6.45) is 2.45. The first-order valence-corrected chi connectivity index (χ1v) is 9.40. The lowest BCUT2D eigenvalue weighted by atomic mass is 10.2. The highest BCUT2D eigenvalue weighted by Crippen LogP contribution is 2.24. The number of thioether (sulfide) groups is 1. The molecule has 1 aliphatic rings. The molecule has 1 aromatic carbocycles. The molecular formula is C16H19BrN2O3S. The van der Waals surface area contributed by atoms with Gasteiger partial charge in [-0.15, -0.1) is 0 Å². The normalized spacial score (nSPS) is 17.9. The number of hydrogen-bond acceptors (Lipinski definition) is 5. The maximum absolute atomic E-state index is 12.8. The van der Waals surface area contributed by atoms with Crippen LogP contribution in [-0.2, 0) is 16.0 Å². The molecule has 0 unspecified atom stereocenters. The van der Waals surface area contributed by atoms with Gasteiger partial charge in [0.15, 0.2) is 5.16 Å². The Morgan fingerprint density at radius 2 is 2.39 bits per heavy atom. The number of hydrogen-bond donors (Lipinski definition) is 0. The Labute approximate surface area is 147 Å². The van der Waals surface area contributed by atoms with Crippen molar-refractivity contribution in [3.8, 4) is 0 Å². The van der Waals surface area contributed by atoms with Crippen molar-refractivity contribution in [3.63, 3.8) is 0 Å². The van der Waals surface area contributed by atoms with Crippen molar-refractivity contribution < 1.29 is 9.47 Å². The van der Waals surface area contributed by atoms with E-state index in [0.717, 1.165) is 40.3 Å². The summed E-state index contributed by atoms with van der Waals surface area (Å²) in [6.45, 7) is 1.81. The second kappa shape index (κ2) is 7.79. The van der Waals surface area contributed by atoms with E-state index in [4.69, 9.17) is 9.47 Å². The van der Waals surface area contributed by atoms with Crippen LogP contribution in [0.5, 0.6) is 0 Å². The van der Waals surface area contributed by atoms with Crippen molar-refractivity contribution >= 4 is 38.6 Å². The summed E-state index contributed by atoms with van der Waals surface area (Å²) in [4.78, 5) is 17.5. The quantitative estimate of drug-likeness (QED) is 0.552. The molecule has 0 spiro atoms. The molecule has 2 aromatic rings. The van der Waals surface area contributed by atoms with Crippen LogP contribution in [0, 0.1) is 0 Å². The summed E-state index contributed by atoms with van der Waals surface area (Å²) < 4.78 is 13.4. The molecule has 23 heavy (non-hydrogen) atoms. The molecule has 0 amide bonds. The number of ether oxygens (including phenoxy) is 2. The fourth-order valence-corrected chi connectivity index (χ4v) is 4.06. The average Bonchev–Trinajstić information content (AvgIpc) is 3.06. The molecular weight excluding hydrogens is 380 g/mol. The van der Waals surface area contributed by atoms with Crippen molar-refractivity contribution in [1.29, 1.82) is 0 Å². The van der Waals surface area contributed by atoms with Crippen molar-refractivity contribution in [3.05, 3.63) is 33.0 Å². The van der Waals surface area contributed by atoms with E-state index in [0.29, 0.717) is 18.5 Å². The highest BCUT2D eigenvalue weighted by Gasteiger charge is 2.18. The number of methoxy groups -OCH3 is 1. The van der Waals surface area contributed by atoms with Crippen molar-refractivity contribution in [2.24, 2.45) is 0 Å². The SMILES string of the molecule is COCCn1c(SC[C@H]2CCCO2)nc2ccc(Br)cc2c1=O. The van der Waals surface area contributed by atoms with Crippen LogP contribution in [0.2, 0.25) is 0 Å². The number of nitrogens with zero attached hydrogens (tertiary/aromatic N) is 2. The fraction of sp³-hybridized carbons (Fsp3) is 0.500. The molecule has 0 bridgehead atoms. The maximum Gasteiger partial charge on any atom is 0.262 e. The molecule has 2 heterocycles. The number of aromatic nitrogens is 2. The van der Waals surface area contributed by atoms with Gasteiger partial charge < -0.3 is 9.47 Å². The zero-order chi connectivity index (χ0) is 16.2. The molecule has 0 radical (unpaired) electrons. The number of fused-ring (bicyclic) bond motifs is 1. The van der Waals surface area contributed by atoms with Crippen LogP contribution in [0.15, 0.2) is 32.6 Å². The number of rotatable bonds is 6. The average molecular weight is 399 g/mol. The van der Waals surface area contributed by atoms with Crippen molar-refractivity contribution in [2.75, 3.05) is 26.1 Å². The zero-order valence-corrected chi connectivity index (χ0v) is 15.4. The van der Waals surface area contributed by atoms with Gasteiger partial charge in [-0.25, -0.2) is 4.98 Å². The molecule has 124 valence electrons. The highest BCUT2D eigenvalue weighted by atomic mass is 79.9. The summed E-state index contributed by atoms with van der Waals surface area (Å²) in [5, 5.41) is 1.36. The first kappa shape index (κ1) is 17.0. The first-order chi connectivity index (χ1) is 11.2. The fourth-order valence-electron chi connectivity index (χ4n) is 2.61. The Balaban J connectivity index is 1.95. The van der Waals surface area contributed by atoms with E-state index in [1.807, 2.05) is 18.2 Å². The minimum Gasteiger partial charge on any atom is -0.383 e. The lowest BCUT2D eigenvalue weighted by Crippen LogP contribution is -2.25. The van der Waals surface area contributed by atoms with Crippen molar-refractivity contribution in [2.45, 2.75) is 30.6 Å². The molecule has 3 rings (SSSR count). The third kappa shape index (κ3) is 3.96. The van der Waals surface area contributed by atoms with Gasteiger partial charge in [0.25, 0.3) is 5.56 Å². The van der Waals surface area contributed by atoms with E-state index < -0.39 is 0 Å². The second-order valence-corrected chi connectivity index (χ2v) is 7.35. The third-order valence-electron chi connectivity index (χ3n) is 3.82. The topological polar surface area (TPSA) is 53.4 Å². The van der Waals surface area contributed by atoms with Crippen molar-refractivity contribution in [1.82, 2.24) is 9.55 Å². The largest absolute Gasteiger partial charge is 0.383 e. The van der Waals surface area contributed by atoms with Crippen LogP contribution >= 0.6 is 27.7 Å². The Hall–Kier alpha value is -0.890. The van der Waals surface area contributed by atoms with Crippen LogP contribution in [0.25, 0.3) is 10.9 Å². The van der Waals surface area contributed by atoms with Crippen LogP contribution in [-0.4, -0.2) is 41.7 Å². The van der Waals surface area contributed by atoms with Gasteiger partial charge in [-0.3, -0.25) is 9.36 Å². The van der Waals surface area contributed by atoms with E-state index in [2.05, 4.69) is 20.9 Å². The smallest absolute Gasteiger partial charge is 0.262 e. The predicted octanol–water partition coefficient (Wildman–Crippen LogP) is 3.08.